The number of amides is 1. The van der Waals surface area contributed by atoms with Gasteiger partial charge in [-0.05, 0) is 12.5 Å². The zero-order chi connectivity index (χ0) is 18.2. The molecular formula is C15H16ClF3N4O2. The first-order chi connectivity index (χ1) is 11.8. The van der Waals surface area contributed by atoms with E-state index in [-0.39, 0.29) is 24.7 Å². The van der Waals surface area contributed by atoms with E-state index in [4.69, 9.17) is 11.6 Å². The second kappa shape index (κ2) is 6.81. The van der Waals surface area contributed by atoms with Crippen LogP contribution in [0, 0.1) is 0 Å². The van der Waals surface area contributed by atoms with E-state index in [1.165, 1.54) is 17.3 Å². The Labute approximate surface area is 146 Å². The SMILES string of the molecule is O=C1C=C(Cl)NC2N1CC[C@@H](C(F)(F)F)N2CC(O)c1cccnc1. The highest BCUT2D eigenvalue weighted by atomic mass is 35.5. The number of hydrogen-bond donors (Lipinski definition) is 2. The lowest BCUT2D eigenvalue weighted by Gasteiger charge is -2.50. The van der Waals surface area contributed by atoms with Gasteiger partial charge in [0.25, 0.3) is 5.91 Å². The lowest BCUT2D eigenvalue weighted by Crippen LogP contribution is -2.69. The first-order valence-corrected chi connectivity index (χ1v) is 8.00. The Balaban J connectivity index is 1.89. The number of halogens is 4. The molecule has 1 amide bonds. The number of nitrogens with zero attached hydrogens (tertiary/aromatic N) is 3. The van der Waals surface area contributed by atoms with Crippen molar-refractivity contribution < 1.29 is 23.1 Å². The molecular weight excluding hydrogens is 361 g/mol. The van der Waals surface area contributed by atoms with Gasteiger partial charge in [-0.2, -0.15) is 13.2 Å². The van der Waals surface area contributed by atoms with Gasteiger partial charge in [0.15, 0.2) is 6.29 Å². The van der Waals surface area contributed by atoms with Crippen LogP contribution in [0.15, 0.2) is 35.8 Å². The summed E-state index contributed by atoms with van der Waals surface area (Å²) in [4.78, 5) is 18.2. The van der Waals surface area contributed by atoms with E-state index in [0.29, 0.717) is 5.56 Å². The Kier molecular flexibility index (Phi) is 4.90. The van der Waals surface area contributed by atoms with Crippen molar-refractivity contribution in [3.05, 3.63) is 41.3 Å². The maximum absolute atomic E-state index is 13.5. The summed E-state index contributed by atoms with van der Waals surface area (Å²) in [6.07, 6.45) is -3.03. The number of rotatable bonds is 3. The van der Waals surface area contributed by atoms with Crippen LogP contribution >= 0.6 is 11.6 Å². The largest absolute Gasteiger partial charge is 0.404 e. The molecule has 0 saturated carbocycles. The van der Waals surface area contributed by atoms with Crippen LogP contribution < -0.4 is 5.32 Å². The van der Waals surface area contributed by atoms with Gasteiger partial charge >= 0.3 is 6.18 Å². The van der Waals surface area contributed by atoms with E-state index in [1.54, 1.807) is 12.1 Å². The smallest absolute Gasteiger partial charge is 0.387 e. The molecule has 0 bridgehead atoms. The first-order valence-electron chi connectivity index (χ1n) is 7.62. The summed E-state index contributed by atoms with van der Waals surface area (Å²) in [5.41, 5.74) is 0.393. The third-order valence-corrected chi connectivity index (χ3v) is 4.50. The highest BCUT2D eigenvalue weighted by Gasteiger charge is 2.51. The number of pyridine rings is 1. The van der Waals surface area contributed by atoms with E-state index in [9.17, 15) is 23.1 Å². The quantitative estimate of drug-likeness (QED) is 0.783. The highest BCUT2D eigenvalue weighted by molar-refractivity contribution is 6.30. The molecule has 3 atom stereocenters. The number of aliphatic hydroxyl groups is 1. The normalized spacial score (nSPS) is 25.9. The number of aliphatic hydroxyl groups excluding tert-OH is 1. The van der Waals surface area contributed by atoms with E-state index >= 15 is 0 Å². The predicted octanol–water partition coefficient (Wildman–Crippen LogP) is 1.55. The second-order valence-electron chi connectivity index (χ2n) is 5.89. The minimum atomic E-state index is -4.50. The molecule has 6 nitrogen and oxygen atoms in total. The van der Waals surface area contributed by atoms with Crippen LogP contribution in [0.2, 0.25) is 0 Å². The molecule has 1 saturated heterocycles. The molecule has 2 aliphatic heterocycles. The van der Waals surface area contributed by atoms with Gasteiger partial charge in [0, 0.05) is 37.1 Å². The molecule has 3 heterocycles. The summed E-state index contributed by atoms with van der Waals surface area (Å²) in [5.74, 6) is -0.463. The van der Waals surface area contributed by atoms with E-state index < -0.39 is 30.5 Å². The van der Waals surface area contributed by atoms with Crippen LogP contribution in [-0.4, -0.2) is 57.4 Å². The number of hydrogen-bond acceptors (Lipinski definition) is 5. The van der Waals surface area contributed by atoms with Crippen molar-refractivity contribution in [1.82, 2.24) is 20.1 Å². The van der Waals surface area contributed by atoms with Crippen molar-refractivity contribution in [2.24, 2.45) is 0 Å². The summed E-state index contributed by atoms with van der Waals surface area (Å²) in [6.45, 7) is -0.387. The Morgan fingerprint density at radius 3 is 2.88 bits per heavy atom. The standard InChI is InChI=1S/C15H16ClF3N4O2/c16-12-6-13(25)22-5-3-11(15(17,18)19)23(14(22)21-12)8-10(24)9-2-1-4-20-7-9/h1-2,4,6-7,10-11,14,21,24H,3,5,8H2/t10?,11-,14?/m0/s1. The molecule has 0 spiro atoms. The highest BCUT2D eigenvalue weighted by Crippen LogP contribution is 2.35. The molecule has 136 valence electrons. The topological polar surface area (TPSA) is 68.7 Å². The Morgan fingerprint density at radius 1 is 1.48 bits per heavy atom. The molecule has 2 aliphatic rings. The van der Waals surface area contributed by atoms with Crippen LogP contribution in [0.25, 0.3) is 0 Å². The average Bonchev–Trinajstić information content (AvgIpc) is 2.55. The molecule has 3 rings (SSSR count). The number of β-amino-alcohol motifs (C(OH)–C–C–N with tert-alkyl or cyclic N) is 1. The molecule has 2 N–H and O–H groups in total. The lowest BCUT2D eigenvalue weighted by molar-refractivity contribution is -0.222. The number of carbonyl (C=O) groups excluding carboxylic acids is 1. The van der Waals surface area contributed by atoms with Crippen molar-refractivity contribution in [1.29, 1.82) is 0 Å². The Morgan fingerprint density at radius 2 is 2.24 bits per heavy atom. The maximum atomic E-state index is 13.5. The number of aromatic nitrogens is 1. The summed E-state index contributed by atoms with van der Waals surface area (Å²) in [6, 6.07) is 1.36. The Bertz CT molecular complexity index is 670. The molecule has 1 aromatic rings. The molecule has 1 aromatic heterocycles. The van der Waals surface area contributed by atoms with Crippen molar-refractivity contribution in [3.63, 3.8) is 0 Å². The molecule has 25 heavy (non-hydrogen) atoms. The van der Waals surface area contributed by atoms with Gasteiger partial charge in [0.1, 0.15) is 11.2 Å². The van der Waals surface area contributed by atoms with Crippen molar-refractivity contribution in [3.8, 4) is 0 Å². The average molecular weight is 377 g/mol. The number of nitrogens with one attached hydrogen (secondary N) is 1. The van der Waals surface area contributed by atoms with Crippen LogP contribution in [0.4, 0.5) is 13.2 Å². The minimum Gasteiger partial charge on any atom is -0.387 e. The monoisotopic (exact) mass is 376 g/mol. The Hall–Kier alpha value is -1.84. The minimum absolute atomic E-state index is 0.0325. The fraction of sp³-hybridized carbons (Fsp3) is 0.467. The lowest BCUT2D eigenvalue weighted by atomic mass is 10.0. The number of alkyl halides is 3. The zero-order valence-corrected chi connectivity index (χ0v) is 13.7. The van der Waals surface area contributed by atoms with Gasteiger partial charge in [0.2, 0.25) is 0 Å². The predicted molar refractivity (Wildman–Crippen MR) is 82.9 cm³/mol. The van der Waals surface area contributed by atoms with Gasteiger partial charge < -0.3 is 15.3 Å². The van der Waals surface area contributed by atoms with Gasteiger partial charge in [-0.3, -0.25) is 14.7 Å². The summed E-state index contributed by atoms with van der Waals surface area (Å²) >= 11 is 5.83. The van der Waals surface area contributed by atoms with Crippen LogP contribution in [0.3, 0.4) is 0 Å². The van der Waals surface area contributed by atoms with E-state index in [2.05, 4.69) is 10.3 Å². The van der Waals surface area contributed by atoms with Gasteiger partial charge in [-0.25, -0.2) is 0 Å². The maximum Gasteiger partial charge on any atom is 0.404 e. The summed E-state index contributed by atoms with van der Waals surface area (Å²) in [5, 5.41) is 13.0. The summed E-state index contributed by atoms with van der Waals surface area (Å²) in [7, 11) is 0. The first kappa shape index (κ1) is 18.0. The van der Waals surface area contributed by atoms with Crippen LogP contribution in [-0.2, 0) is 4.79 Å². The van der Waals surface area contributed by atoms with Crippen LogP contribution in [0.1, 0.15) is 18.1 Å². The van der Waals surface area contributed by atoms with Gasteiger partial charge in [-0.15, -0.1) is 0 Å². The van der Waals surface area contributed by atoms with Crippen molar-refractivity contribution in [2.75, 3.05) is 13.1 Å². The van der Waals surface area contributed by atoms with E-state index in [0.717, 1.165) is 11.0 Å². The molecule has 0 aliphatic carbocycles. The fourth-order valence-corrected chi connectivity index (χ4v) is 3.29. The molecule has 10 heteroatoms. The fourth-order valence-electron chi connectivity index (χ4n) is 3.10. The third-order valence-electron chi connectivity index (χ3n) is 4.28. The van der Waals surface area contributed by atoms with E-state index in [1.807, 2.05) is 0 Å². The number of carbonyl (C=O) groups is 1. The van der Waals surface area contributed by atoms with Gasteiger partial charge in [0.05, 0.1) is 6.10 Å². The molecule has 0 radical (unpaired) electrons. The van der Waals surface area contributed by atoms with Crippen molar-refractivity contribution >= 4 is 17.5 Å². The van der Waals surface area contributed by atoms with Crippen LogP contribution in [0.5, 0.6) is 0 Å². The van der Waals surface area contributed by atoms with Gasteiger partial charge in [-0.1, -0.05) is 17.7 Å². The molecule has 0 aromatic carbocycles. The second-order valence-corrected chi connectivity index (χ2v) is 6.29. The molecule has 2 unspecified atom stereocenters. The molecule has 1 fully saturated rings. The summed E-state index contributed by atoms with van der Waals surface area (Å²) < 4.78 is 40.4. The number of fused-ring (bicyclic) bond motifs is 1. The third kappa shape index (κ3) is 3.73. The van der Waals surface area contributed by atoms with Crippen molar-refractivity contribution in [2.45, 2.75) is 31.0 Å². The zero-order valence-electron chi connectivity index (χ0n) is 12.9.